The Morgan fingerprint density at radius 3 is 2.50 bits per heavy atom. The predicted molar refractivity (Wildman–Crippen MR) is 42.8 cm³/mol. The molecule has 1 aromatic carbocycles. The van der Waals surface area contributed by atoms with Crippen molar-refractivity contribution in [2.45, 2.75) is 4.90 Å². The maximum atomic E-state index is 2.99. The summed E-state index contributed by atoms with van der Waals surface area (Å²) in [6.45, 7) is 0. The first-order valence-corrected chi connectivity index (χ1v) is 3.66. The summed E-state index contributed by atoms with van der Waals surface area (Å²) in [6.07, 6.45) is 2.06. The van der Waals surface area contributed by atoms with E-state index in [-0.39, 0.29) is 40.0 Å². The fourth-order valence-corrected chi connectivity index (χ4v) is 0.904. The summed E-state index contributed by atoms with van der Waals surface area (Å²) in [5.74, 6) is 0. The molecule has 0 saturated carbocycles. The zero-order chi connectivity index (χ0) is 5.82. The van der Waals surface area contributed by atoms with Gasteiger partial charge in [-0.3, -0.25) is 0 Å². The Morgan fingerprint density at radius 2 is 2.20 bits per heavy atom. The molecule has 0 aromatic heterocycles. The quantitative estimate of drug-likeness (QED) is 0.331. The molecule has 10 heavy (non-hydrogen) atoms. The molecule has 1 rings (SSSR count). The van der Waals surface area contributed by atoms with Gasteiger partial charge in [-0.15, -0.1) is 4.90 Å². The smallest absolute Gasteiger partial charge is 1.00 e. The number of hydrogen-bond acceptors (Lipinski definition) is 1. The molecule has 0 atom stereocenters. The van der Waals surface area contributed by atoms with Crippen molar-refractivity contribution in [3.63, 3.8) is 0 Å². The van der Waals surface area contributed by atoms with Gasteiger partial charge in [-0.05, 0) is 6.26 Å². The Balaban J connectivity index is 0. The summed E-state index contributed by atoms with van der Waals surface area (Å²) in [4.78, 5) is 1.27. The van der Waals surface area contributed by atoms with Crippen LogP contribution in [0.15, 0.2) is 29.2 Å². The van der Waals surface area contributed by atoms with Crippen molar-refractivity contribution in [3.05, 3.63) is 30.3 Å². The normalized spacial score (nSPS) is 7.30. The molecule has 0 aliphatic rings. The molecule has 0 fully saturated rings. The summed E-state index contributed by atoms with van der Waals surface area (Å²) >= 11 is 1.74. The van der Waals surface area contributed by atoms with Gasteiger partial charge in [0, 0.05) is 0 Å². The monoisotopic (exact) mass is 226 g/mol. The second-order valence-electron chi connectivity index (χ2n) is 1.44. The number of thioether (sulfide) groups is 1. The first-order chi connectivity index (χ1) is 3.93. The molecular formula is C7H7BrMgS. The van der Waals surface area contributed by atoms with E-state index in [9.17, 15) is 0 Å². The second kappa shape index (κ2) is 7.92. The minimum absolute atomic E-state index is 0. The van der Waals surface area contributed by atoms with Crippen molar-refractivity contribution in [1.82, 2.24) is 0 Å². The van der Waals surface area contributed by atoms with Crippen LogP contribution in [0.1, 0.15) is 0 Å². The van der Waals surface area contributed by atoms with Gasteiger partial charge in [-0.2, -0.15) is 42.1 Å². The number of rotatable bonds is 1. The zero-order valence-electron chi connectivity index (χ0n) is 5.80. The van der Waals surface area contributed by atoms with E-state index in [2.05, 4.69) is 18.4 Å². The molecule has 0 N–H and O–H groups in total. The average molecular weight is 227 g/mol. The van der Waals surface area contributed by atoms with E-state index in [4.69, 9.17) is 0 Å². The summed E-state index contributed by atoms with van der Waals surface area (Å²) in [5.41, 5.74) is 0. The van der Waals surface area contributed by atoms with E-state index in [1.807, 2.05) is 18.2 Å². The van der Waals surface area contributed by atoms with Gasteiger partial charge in [0.15, 0.2) is 0 Å². The van der Waals surface area contributed by atoms with Crippen molar-refractivity contribution in [2.75, 3.05) is 6.26 Å². The molecule has 0 aliphatic heterocycles. The van der Waals surface area contributed by atoms with Crippen molar-refractivity contribution >= 4 is 34.8 Å². The maximum absolute atomic E-state index is 2.99. The number of hydrogen-bond donors (Lipinski definition) is 0. The fourth-order valence-electron chi connectivity index (χ4n) is 0.504. The van der Waals surface area contributed by atoms with Crippen LogP contribution in [0.3, 0.4) is 0 Å². The van der Waals surface area contributed by atoms with Crippen LogP contribution in [0.4, 0.5) is 0 Å². The predicted octanol–water partition coefficient (Wildman–Crippen LogP) is -1.17. The van der Waals surface area contributed by atoms with Gasteiger partial charge in [0.05, 0.1) is 0 Å². The zero-order valence-corrected chi connectivity index (χ0v) is 9.62. The van der Waals surface area contributed by atoms with Crippen LogP contribution in [0, 0.1) is 6.07 Å². The van der Waals surface area contributed by atoms with Crippen LogP contribution < -0.4 is 17.0 Å². The van der Waals surface area contributed by atoms with Gasteiger partial charge in [0.25, 0.3) is 0 Å². The Kier molecular flexibility index (Phi) is 10.6. The van der Waals surface area contributed by atoms with E-state index >= 15 is 0 Å². The van der Waals surface area contributed by atoms with Crippen LogP contribution in [-0.4, -0.2) is 29.3 Å². The standard InChI is InChI=1S/C7H7S.BrH.Mg/c1-8-7-5-3-2-4-6-7;;/h2-3,5-6H,1H3;1H;/q-1;;+2/p-1. The van der Waals surface area contributed by atoms with Gasteiger partial charge in [0.1, 0.15) is 0 Å². The van der Waals surface area contributed by atoms with Crippen LogP contribution in [0.2, 0.25) is 0 Å². The minimum atomic E-state index is 0. The molecule has 0 nitrogen and oxygen atoms in total. The van der Waals surface area contributed by atoms with Gasteiger partial charge < -0.3 is 17.0 Å². The largest absolute Gasteiger partial charge is 2.00 e. The third-order valence-electron chi connectivity index (χ3n) is 0.914. The number of halogens is 1. The van der Waals surface area contributed by atoms with Crippen molar-refractivity contribution in [1.29, 1.82) is 0 Å². The van der Waals surface area contributed by atoms with Crippen LogP contribution >= 0.6 is 11.8 Å². The molecule has 0 bridgehead atoms. The van der Waals surface area contributed by atoms with E-state index < -0.39 is 0 Å². The Labute approximate surface area is 92.7 Å². The van der Waals surface area contributed by atoms with Crippen molar-refractivity contribution in [3.8, 4) is 0 Å². The van der Waals surface area contributed by atoms with Crippen molar-refractivity contribution in [2.24, 2.45) is 0 Å². The third-order valence-corrected chi connectivity index (χ3v) is 1.64. The molecular weight excluding hydrogens is 220 g/mol. The Hall–Kier alpha value is 0.816. The molecule has 0 saturated heterocycles. The van der Waals surface area contributed by atoms with E-state index in [1.165, 1.54) is 4.90 Å². The van der Waals surface area contributed by atoms with Gasteiger partial charge >= 0.3 is 23.1 Å². The summed E-state index contributed by atoms with van der Waals surface area (Å²) in [5, 5.41) is 0. The van der Waals surface area contributed by atoms with E-state index in [1.54, 1.807) is 11.8 Å². The molecule has 0 unspecified atom stereocenters. The molecule has 0 spiro atoms. The SMILES string of the molecule is CSc1c[c-]ccc1.[Br-].[Mg+2]. The molecule has 50 valence electrons. The van der Waals surface area contributed by atoms with Crippen LogP contribution in [-0.2, 0) is 0 Å². The molecule has 0 heterocycles. The summed E-state index contributed by atoms with van der Waals surface area (Å²) in [6, 6.07) is 10.9. The van der Waals surface area contributed by atoms with Crippen LogP contribution in [0.25, 0.3) is 0 Å². The Morgan fingerprint density at radius 1 is 1.50 bits per heavy atom. The summed E-state index contributed by atoms with van der Waals surface area (Å²) in [7, 11) is 0. The first kappa shape index (κ1) is 13.4. The first-order valence-electron chi connectivity index (χ1n) is 2.43. The van der Waals surface area contributed by atoms with E-state index in [0.717, 1.165) is 0 Å². The summed E-state index contributed by atoms with van der Waals surface area (Å²) < 4.78 is 0. The third kappa shape index (κ3) is 4.60. The fraction of sp³-hybridized carbons (Fsp3) is 0.143. The average Bonchev–Trinajstić information content (AvgIpc) is 1.90. The maximum Gasteiger partial charge on any atom is 2.00 e. The second-order valence-corrected chi connectivity index (χ2v) is 2.32. The van der Waals surface area contributed by atoms with Gasteiger partial charge in [-0.25, -0.2) is 0 Å². The molecule has 0 aliphatic carbocycles. The minimum Gasteiger partial charge on any atom is -1.00 e. The van der Waals surface area contributed by atoms with E-state index in [0.29, 0.717) is 0 Å². The number of benzene rings is 1. The molecule has 0 amide bonds. The van der Waals surface area contributed by atoms with Crippen LogP contribution in [0.5, 0.6) is 0 Å². The molecule has 3 heteroatoms. The van der Waals surface area contributed by atoms with Crippen molar-refractivity contribution < 1.29 is 17.0 Å². The molecule has 0 radical (unpaired) electrons. The topological polar surface area (TPSA) is 0 Å². The van der Waals surface area contributed by atoms with Gasteiger partial charge in [0.2, 0.25) is 0 Å². The molecule has 1 aromatic rings. The Bertz CT molecular complexity index is 155. The van der Waals surface area contributed by atoms with Gasteiger partial charge in [-0.1, -0.05) is 0 Å².